The van der Waals surface area contributed by atoms with E-state index in [1.807, 2.05) is 6.07 Å². The third kappa shape index (κ3) is 3.02. The minimum atomic E-state index is -3.46. The summed E-state index contributed by atoms with van der Waals surface area (Å²) in [6.45, 7) is 3.61. The van der Waals surface area contributed by atoms with Crippen molar-refractivity contribution >= 4 is 10.0 Å². The van der Waals surface area contributed by atoms with E-state index in [-0.39, 0.29) is 6.04 Å². The Morgan fingerprint density at radius 3 is 2.41 bits per heavy atom. The zero-order valence-electron chi connectivity index (χ0n) is 12.6. The molecule has 1 atom stereocenters. The zero-order chi connectivity index (χ0) is 15.6. The van der Waals surface area contributed by atoms with Crippen LogP contribution in [0.25, 0.3) is 0 Å². The van der Waals surface area contributed by atoms with Crippen molar-refractivity contribution in [1.29, 1.82) is 5.26 Å². The van der Waals surface area contributed by atoms with E-state index in [9.17, 15) is 8.42 Å². The molecule has 0 spiro atoms. The molecule has 2 heterocycles. The van der Waals surface area contributed by atoms with E-state index in [1.165, 1.54) is 12.8 Å². The normalized spacial score (nSPS) is 23.7. The van der Waals surface area contributed by atoms with Crippen LogP contribution in [0.15, 0.2) is 29.2 Å². The van der Waals surface area contributed by atoms with Crippen LogP contribution in [0.5, 0.6) is 0 Å². The SMILES string of the molecule is N#Cc1ccc(S(=O)(=O)N2CCCC2CN2CCCC2)cc1. The number of nitriles is 1. The van der Waals surface area contributed by atoms with Crippen LogP contribution in [-0.2, 0) is 10.0 Å². The molecule has 22 heavy (non-hydrogen) atoms. The Labute approximate surface area is 132 Å². The predicted molar refractivity (Wildman–Crippen MR) is 83.7 cm³/mol. The maximum absolute atomic E-state index is 12.8. The van der Waals surface area contributed by atoms with Crippen LogP contribution in [0, 0.1) is 11.3 Å². The molecule has 0 radical (unpaired) electrons. The average Bonchev–Trinajstić information content (AvgIpc) is 3.20. The van der Waals surface area contributed by atoms with Gasteiger partial charge in [-0.25, -0.2) is 8.42 Å². The molecule has 1 aromatic rings. The lowest BCUT2D eigenvalue weighted by Gasteiger charge is -2.27. The van der Waals surface area contributed by atoms with E-state index in [2.05, 4.69) is 4.90 Å². The average molecular weight is 319 g/mol. The van der Waals surface area contributed by atoms with E-state index in [0.29, 0.717) is 17.0 Å². The van der Waals surface area contributed by atoms with Crippen LogP contribution < -0.4 is 0 Å². The molecule has 0 N–H and O–H groups in total. The van der Waals surface area contributed by atoms with E-state index in [1.54, 1.807) is 28.6 Å². The first-order chi connectivity index (χ1) is 10.6. The molecule has 2 fully saturated rings. The van der Waals surface area contributed by atoms with Crippen molar-refractivity contribution in [3.05, 3.63) is 29.8 Å². The van der Waals surface area contributed by atoms with Gasteiger partial charge in [0, 0.05) is 19.1 Å². The summed E-state index contributed by atoms with van der Waals surface area (Å²) in [5.41, 5.74) is 0.481. The van der Waals surface area contributed by atoms with Crippen LogP contribution >= 0.6 is 0 Å². The molecular weight excluding hydrogens is 298 g/mol. The first-order valence-corrected chi connectivity index (χ1v) is 9.29. The van der Waals surface area contributed by atoms with Gasteiger partial charge < -0.3 is 4.90 Å². The Bertz CT molecular complexity index is 658. The molecule has 118 valence electrons. The number of rotatable bonds is 4. The summed E-state index contributed by atoms with van der Waals surface area (Å²) in [6.07, 6.45) is 4.30. The molecule has 0 amide bonds. The predicted octanol–water partition coefficient (Wildman–Crippen LogP) is 1.81. The van der Waals surface area contributed by atoms with Gasteiger partial charge in [0.1, 0.15) is 0 Å². The third-order valence-corrected chi connectivity index (χ3v) is 6.55. The van der Waals surface area contributed by atoms with Gasteiger partial charge in [0.05, 0.1) is 16.5 Å². The Balaban J connectivity index is 1.78. The highest BCUT2D eigenvalue weighted by molar-refractivity contribution is 7.89. The number of nitrogens with zero attached hydrogens (tertiary/aromatic N) is 3. The van der Waals surface area contributed by atoms with Crippen molar-refractivity contribution in [1.82, 2.24) is 9.21 Å². The highest BCUT2D eigenvalue weighted by Gasteiger charge is 2.36. The third-order valence-electron chi connectivity index (χ3n) is 4.58. The minimum Gasteiger partial charge on any atom is -0.302 e. The molecule has 1 aromatic carbocycles. The van der Waals surface area contributed by atoms with Crippen molar-refractivity contribution in [2.45, 2.75) is 36.6 Å². The van der Waals surface area contributed by atoms with Crippen molar-refractivity contribution < 1.29 is 8.42 Å². The van der Waals surface area contributed by atoms with Gasteiger partial charge in [0.15, 0.2) is 0 Å². The van der Waals surface area contributed by atoms with E-state index in [0.717, 1.165) is 32.5 Å². The molecular formula is C16H21N3O2S. The molecule has 3 rings (SSSR count). The van der Waals surface area contributed by atoms with Crippen molar-refractivity contribution in [3.63, 3.8) is 0 Å². The lowest BCUT2D eigenvalue weighted by atomic mass is 10.2. The van der Waals surface area contributed by atoms with Gasteiger partial charge in [-0.05, 0) is 63.0 Å². The molecule has 2 aliphatic heterocycles. The summed E-state index contributed by atoms with van der Waals surface area (Å²) in [6, 6.07) is 8.32. The Morgan fingerprint density at radius 1 is 1.09 bits per heavy atom. The molecule has 0 aliphatic carbocycles. The largest absolute Gasteiger partial charge is 0.302 e. The molecule has 0 aromatic heterocycles. The minimum absolute atomic E-state index is 0.0822. The smallest absolute Gasteiger partial charge is 0.243 e. The van der Waals surface area contributed by atoms with Crippen LogP contribution in [0.3, 0.4) is 0 Å². The molecule has 1 unspecified atom stereocenters. The Morgan fingerprint density at radius 2 is 1.77 bits per heavy atom. The molecule has 0 bridgehead atoms. The second-order valence-electron chi connectivity index (χ2n) is 6.06. The van der Waals surface area contributed by atoms with E-state index < -0.39 is 10.0 Å². The molecule has 2 saturated heterocycles. The summed E-state index contributed by atoms with van der Waals surface area (Å²) >= 11 is 0. The van der Waals surface area contributed by atoms with Gasteiger partial charge in [-0.15, -0.1) is 0 Å². The monoisotopic (exact) mass is 319 g/mol. The number of benzene rings is 1. The van der Waals surface area contributed by atoms with E-state index >= 15 is 0 Å². The summed E-state index contributed by atoms with van der Waals surface area (Å²) < 4.78 is 27.3. The van der Waals surface area contributed by atoms with Crippen LogP contribution in [0.4, 0.5) is 0 Å². The topological polar surface area (TPSA) is 64.4 Å². The highest BCUT2D eigenvalue weighted by atomic mass is 32.2. The summed E-state index contributed by atoms with van der Waals surface area (Å²) in [5.74, 6) is 0. The van der Waals surface area contributed by atoms with Crippen molar-refractivity contribution in [3.8, 4) is 6.07 Å². The fourth-order valence-corrected chi connectivity index (χ4v) is 5.09. The lowest BCUT2D eigenvalue weighted by Crippen LogP contribution is -2.42. The van der Waals surface area contributed by atoms with Gasteiger partial charge >= 0.3 is 0 Å². The van der Waals surface area contributed by atoms with Crippen molar-refractivity contribution in [2.75, 3.05) is 26.2 Å². The van der Waals surface area contributed by atoms with Gasteiger partial charge in [-0.3, -0.25) is 0 Å². The number of hydrogen-bond acceptors (Lipinski definition) is 4. The second-order valence-corrected chi connectivity index (χ2v) is 7.95. The molecule has 0 saturated carbocycles. The molecule has 6 heteroatoms. The summed E-state index contributed by atoms with van der Waals surface area (Å²) in [5, 5.41) is 8.83. The Kier molecular flexibility index (Phi) is 4.48. The first-order valence-electron chi connectivity index (χ1n) is 7.85. The highest BCUT2D eigenvalue weighted by Crippen LogP contribution is 2.27. The van der Waals surface area contributed by atoms with Crippen LogP contribution in [-0.4, -0.2) is 49.8 Å². The van der Waals surface area contributed by atoms with E-state index in [4.69, 9.17) is 5.26 Å². The van der Waals surface area contributed by atoms with Gasteiger partial charge in [-0.1, -0.05) is 0 Å². The molecule has 5 nitrogen and oxygen atoms in total. The quantitative estimate of drug-likeness (QED) is 0.849. The fraction of sp³-hybridized carbons (Fsp3) is 0.562. The Hall–Kier alpha value is -1.42. The van der Waals surface area contributed by atoms with Crippen molar-refractivity contribution in [2.24, 2.45) is 0 Å². The van der Waals surface area contributed by atoms with Gasteiger partial charge in [0.25, 0.3) is 0 Å². The fourth-order valence-electron chi connectivity index (χ4n) is 3.41. The summed E-state index contributed by atoms with van der Waals surface area (Å²) in [7, 11) is -3.46. The number of likely N-dealkylation sites (tertiary alicyclic amines) is 1. The number of sulfonamides is 1. The molecule has 2 aliphatic rings. The lowest BCUT2D eigenvalue weighted by molar-refractivity contribution is 0.257. The summed E-state index contributed by atoms with van der Waals surface area (Å²) in [4.78, 5) is 2.66. The first kappa shape index (κ1) is 15.5. The maximum Gasteiger partial charge on any atom is 0.243 e. The maximum atomic E-state index is 12.8. The van der Waals surface area contributed by atoms with Gasteiger partial charge in [0.2, 0.25) is 10.0 Å². The van der Waals surface area contributed by atoms with Crippen LogP contribution in [0.2, 0.25) is 0 Å². The van der Waals surface area contributed by atoms with Crippen LogP contribution in [0.1, 0.15) is 31.2 Å². The van der Waals surface area contributed by atoms with Gasteiger partial charge in [-0.2, -0.15) is 9.57 Å². The number of hydrogen-bond donors (Lipinski definition) is 0. The second kappa shape index (κ2) is 6.37. The zero-order valence-corrected chi connectivity index (χ0v) is 13.4. The standard InChI is InChI=1S/C16H21N3O2S/c17-12-14-5-7-16(8-6-14)22(20,21)19-11-3-4-15(19)13-18-9-1-2-10-18/h5-8,15H,1-4,9-11,13H2.